The molecule has 1 aliphatic rings. The Balaban J connectivity index is 1.82. The quantitative estimate of drug-likeness (QED) is 0.595. The van der Waals surface area contributed by atoms with Gasteiger partial charge < -0.3 is 9.32 Å². The van der Waals surface area contributed by atoms with Crippen molar-refractivity contribution in [3.63, 3.8) is 0 Å². The number of hydrogen-bond acceptors (Lipinski definition) is 6. The van der Waals surface area contributed by atoms with E-state index in [0.717, 1.165) is 0 Å². The largest absolute Gasteiger partial charge is 0.467 e. The Labute approximate surface area is 174 Å². The molecule has 0 unspecified atom stereocenters. The van der Waals surface area contributed by atoms with Crippen molar-refractivity contribution in [2.24, 2.45) is 0 Å². The number of furan rings is 1. The molecule has 3 heterocycles. The Bertz CT molecular complexity index is 1230. The van der Waals surface area contributed by atoms with Gasteiger partial charge in [-0.3, -0.25) is 9.59 Å². The molecule has 0 saturated carbocycles. The van der Waals surface area contributed by atoms with E-state index in [9.17, 15) is 18.0 Å². The average Bonchev–Trinajstić information content (AvgIpc) is 3.37. The summed E-state index contributed by atoms with van der Waals surface area (Å²) < 4.78 is 30.9. The Kier molecular flexibility index (Phi) is 5.46. The van der Waals surface area contributed by atoms with Crippen molar-refractivity contribution in [2.75, 3.05) is 11.5 Å². The first kappa shape index (κ1) is 20.3. The molecular weight excluding hydrogens is 406 g/mol. The van der Waals surface area contributed by atoms with E-state index in [4.69, 9.17) is 4.42 Å². The Morgan fingerprint density at radius 1 is 1.23 bits per heavy atom. The second-order valence-electron chi connectivity index (χ2n) is 7.49. The first-order chi connectivity index (χ1) is 14.4. The fourth-order valence-electron chi connectivity index (χ4n) is 3.85. The second kappa shape index (κ2) is 8.06. The van der Waals surface area contributed by atoms with Gasteiger partial charge in [-0.1, -0.05) is 25.1 Å². The zero-order valence-corrected chi connectivity index (χ0v) is 17.5. The summed E-state index contributed by atoms with van der Waals surface area (Å²) in [7, 11) is -3.20. The Morgan fingerprint density at radius 2 is 2.00 bits per heavy atom. The van der Waals surface area contributed by atoms with Crippen molar-refractivity contribution in [3.8, 4) is 0 Å². The Morgan fingerprint density at radius 3 is 2.63 bits per heavy atom. The summed E-state index contributed by atoms with van der Waals surface area (Å²) >= 11 is 0. The van der Waals surface area contributed by atoms with E-state index in [-0.39, 0.29) is 29.3 Å². The van der Waals surface area contributed by atoms with Gasteiger partial charge in [-0.25, -0.2) is 13.1 Å². The number of amides is 1. The molecule has 30 heavy (non-hydrogen) atoms. The van der Waals surface area contributed by atoms with Crippen LogP contribution in [0.5, 0.6) is 0 Å². The topological polar surface area (TPSA) is 102 Å². The van der Waals surface area contributed by atoms with Gasteiger partial charge in [0, 0.05) is 18.0 Å². The molecule has 0 bridgehead atoms. The van der Waals surface area contributed by atoms with Crippen LogP contribution in [0.1, 0.15) is 36.0 Å². The van der Waals surface area contributed by atoms with E-state index in [2.05, 4.69) is 5.10 Å². The molecule has 3 aromatic rings. The van der Waals surface area contributed by atoms with Gasteiger partial charge in [0.05, 0.1) is 29.7 Å². The molecule has 1 aliphatic heterocycles. The average molecular weight is 429 g/mol. The third-order valence-corrected chi connectivity index (χ3v) is 7.07. The standard InChI is InChI=1S/C21H23N3O5S/c1-2-10-24-20(25)18-8-4-3-7-17(18)19(22-24)21(26)23(13-16-6-5-11-29-16)15-9-12-30(27,28)14-15/h3-8,11,15H,2,9-10,12-14H2,1H3/t15-/m1/s1. The molecule has 158 valence electrons. The summed E-state index contributed by atoms with van der Waals surface area (Å²) in [5.74, 6) is 0.100. The number of carbonyl (C=O) groups is 1. The number of nitrogens with zero attached hydrogens (tertiary/aromatic N) is 3. The molecule has 1 atom stereocenters. The summed E-state index contributed by atoms with van der Waals surface area (Å²) in [5.41, 5.74) is -0.0977. The number of rotatable bonds is 6. The van der Waals surface area contributed by atoms with Crippen LogP contribution < -0.4 is 5.56 Å². The number of fused-ring (bicyclic) bond motifs is 1. The zero-order valence-electron chi connectivity index (χ0n) is 16.7. The SMILES string of the molecule is CCCn1nc(C(=O)N(Cc2ccco2)[C@@H]2CCS(=O)(=O)C2)c2ccccc2c1=O. The minimum atomic E-state index is -3.20. The van der Waals surface area contributed by atoms with Gasteiger partial charge in [0.25, 0.3) is 11.5 Å². The lowest BCUT2D eigenvalue weighted by molar-refractivity contribution is 0.0659. The smallest absolute Gasteiger partial charge is 0.275 e. The number of hydrogen-bond donors (Lipinski definition) is 0. The van der Waals surface area contributed by atoms with Crippen LogP contribution in [0.2, 0.25) is 0 Å². The third-order valence-electron chi connectivity index (χ3n) is 5.32. The number of aryl methyl sites for hydroxylation is 1. The van der Waals surface area contributed by atoms with Crippen molar-refractivity contribution < 1.29 is 17.6 Å². The van der Waals surface area contributed by atoms with Crippen LogP contribution in [-0.4, -0.2) is 46.6 Å². The molecule has 0 spiro atoms. The van der Waals surface area contributed by atoms with Crippen LogP contribution in [0, 0.1) is 0 Å². The maximum absolute atomic E-state index is 13.7. The molecule has 1 aromatic carbocycles. The lowest BCUT2D eigenvalue weighted by atomic mass is 10.1. The molecule has 0 aliphatic carbocycles. The van der Waals surface area contributed by atoms with E-state index in [1.165, 1.54) is 15.8 Å². The molecule has 0 radical (unpaired) electrons. The molecule has 8 nitrogen and oxygen atoms in total. The van der Waals surface area contributed by atoms with Gasteiger partial charge in [0.2, 0.25) is 0 Å². The molecule has 4 rings (SSSR count). The van der Waals surface area contributed by atoms with Gasteiger partial charge in [0.1, 0.15) is 5.76 Å². The summed E-state index contributed by atoms with van der Waals surface area (Å²) in [6.45, 7) is 2.45. The van der Waals surface area contributed by atoms with E-state index in [1.54, 1.807) is 36.4 Å². The monoisotopic (exact) mass is 429 g/mol. The fraction of sp³-hybridized carbons (Fsp3) is 0.381. The predicted molar refractivity (Wildman–Crippen MR) is 112 cm³/mol. The molecule has 9 heteroatoms. The van der Waals surface area contributed by atoms with E-state index in [1.807, 2.05) is 6.92 Å². The van der Waals surface area contributed by atoms with Crippen LogP contribution in [-0.2, 0) is 22.9 Å². The van der Waals surface area contributed by atoms with Gasteiger partial charge in [-0.05, 0) is 31.0 Å². The van der Waals surface area contributed by atoms with Gasteiger partial charge in [0.15, 0.2) is 15.5 Å². The van der Waals surface area contributed by atoms with E-state index in [0.29, 0.717) is 35.9 Å². The Hall–Kier alpha value is -2.94. The lowest BCUT2D eigenvalue weighted by Gasteiger charge is -2.27. The number of sulfone groups is 1. The number of aromatic nitrogens is 2. The number of carbonyl (C=O) groups excluding carboxylic acids is 1. The van der Waals surface area contributed by atoms with Crippen LogP contribution in [0.15, 0.2) is 51.9 Å². The van der Waals surface area contributed by atoms with Crippen molar-refractivity contribution >= 4 is 26.5 Å². The highest BCUT2D eigenvalue weighted by Gasteiger charge is 2.36. The second-order valence-corrected chi connectivity index (χ2v) is 9.72. The maximum Gasteiger partial charge on any atom is 0.275 e. The molecule has 1 amide bonds. The van der Waals surface area contributed by atoms with Crippen LogP contribution >= 0.6 is 0 Å². The van der Waals surface area contributed by atoms with Crippen molar-refractivity contribution in [2.45, 2.75) is 38.9 Å². The summed E-state index contributed by atoms with van der Waals surface area (Å²) in [4.78, 5) is 27.9. The van der Waals surface area contributed by atoms with Crippen molar-refractivity contribution in [3.05, 3.63) is 64.5 Å². The van der Waals surface area contributed by atoms with E-state index >= 15 is 0 Å². The van der Waals surface area contributed by atoms with Crippen LogP contribution in [0.3, 0.4) is 0 Å². The van der Waals surface area contributed by atoms with Gasteiger partial charge in [-0.15, -0.1) is 0 Å². The fourth-order valence-corrected chi connectivity index (χ4v) is 5.58. The molecule has 1 saturated heterocycles. The summed E-state index contributed by atoms with van der Waals surface area (Å²) in [6, 6.07) is 9.87. The first-order valence-corrected chi connectivity index (χ1v) is 11.8. The van der Waals surface area contributed by atoms with Crippen molar-refractivity contribution in [1.29, 1.82) is 0 Å². The molecule has 0 N–H and O–H groups in total. The van der Waals surface area contributed by atoms with Crippen LogP contribution in [0.25, 0.3) is 10.8 Å². The highest BCUT2D eigenvalue weighted by molar-refractivity contribution is 7.91. The van der Waals surface area contributed by atoms with Crippen LogP contribution in [0.4, 0.5) is 0 Å². The maximum atomic E-state index is 13.7. The molecule has 1 fully saturated rings. The van der Waals surface area contributed by atoms with Gasteiger partial charge in [-0.2, -0.15) is 5.10 Å². The minimum absolute atomic E-state index is 0.0448. The number of benzene rings is 1. The predicted octanol–water partition coefficient (Wildman–Crippen LogP) is 2.23. The summed E-state index contributed by atoms with van der Waals surface area (Å²) in [5, 5.41) is 5.26. The third kappa shape index (κ3) is 3.89. The highest BCUT2D eigenvalue weighted by atomic mass is 32.2. The minimum Gasteiger partial charge on any atom is -0.467 e. The summed E-state index contributed by atoms with van der Waals surface area (Å²) in [6.07, 6.45) is 2.57. The molecular formula is C21H23N3O5S. The lowest BCUT2D eigenvalue weighted by Crippen LogP contribution is -2.42. The van der Waals surface area contributed by atoms with Crippen molar-refractivity contribution in [1.82, 2.24) is 14.7 Å². The van der Waals surface area contributed by atoms with E-state index < -0.39 is 21.8 Å². The zero-order chi connectivity index (χ0) is 21.3. The van der Waals surface area contributed by atoms with Gasteiger partial charge >= 0.3 is 0 Å². The normalized spacial score (nSPS) is 18.0. The molecule has 2 aromatic heterocycles. The first-order valence-electron chi connectivity index (χ1n) is 9.93. The highest BCUT2D eigenvalue weighted by Crippen LogP contribution is 2.24.